The van der Waals surface area contributed by atoms with Gasteiger partial charge in [-0.05, 0) is 85.0 Å². The minimum Gasteiger partial charge on any atom is -0.373 e. The van der Waals surface area contributed by atoms with E-state index in [4.69, 9.17) is 38.7 Å². The van der Waals surface area contributed by atoms with Crippen molar-refractivity contribution in [2.24, 2.45) is 17.7 Å². The lowest BCUT2D eigenvalue weighted by Crippen LogP contribution is -2.57. The van der Waals surface area contributed by atoms with Crippen LogP contribution in [-0.4, -0.2) is 108 Å². The molecule has 2 aliphatic heterocycles. The van der Waals surface area contributed by atoms with E-state index in [1.165, 1.54) is 17.7 Å². The number of H-pyrrole nitrogens is 1. The van der Waals surface area contributed by atoms with Crippen LogP contribution < -0.4 is 27.8 Å². The number of aryl methyl sites for hydroxylation is 1. The van der Waals surface area contributed by atoms with Crippen molar-refractivity contribution in [3.63, 3.8) is 0 Å². The van der Waals surface area contributed by atoms with Crippen LogP contribution >= 0.6 is 8.53 Å². The number of nitrogens with two attached hydrogens (primary N) is 1. The maximum atomic E-state index is 13.1. The number of aromatic amines is 1. The van der Waals surface area contributed by atoms with Gasteiger partial charge in [-0.3, -0.25) is 23.9 Å². The lowest BCUT2D eigenvalue weighted by atomic mass is 9.81. The molecule has 0 bridgehead atoms. The second kappa shape index (κ2) is 26.2. The van der Waals surface area contributed by atoms with Crippen LogP contribution in [0.4, 0.5) is 0 Å². The summed E-state index contributed by atoms with van der Waals surface area (Å²) >= 11 is 0. The minimum atomic E-state index is -1.68. The lowest BCUT2D eigenvalue weighted by molar-refractivity contribution is -0.236. The van der Waals surface area contributed by atoms with Crippen molar-refractivity contribution in [1.82, 2.24) is 24.9 Å². The molecule has 3 heterocycles. The molecule has 340 valence electrons. The molecular weight excluding hydrogens is 783 g/mol. The van der Waals surface area contributed by atoms with Crippen molar-refractivity contribution in [3.8, 4) is 0 Å². The van der Waals surface area contributed by atoms with Crippen molar-refractivity contribution < 1.29 is 42.4 Å². The summed E-state index contributed by atoms with van der Waals surface area (Å²) in [5.41, 5.74) is -0.687. The van der Waals surface area contributed by atoms with Gasteiger partial charge in [-0.1, -0.05) is 40.5 Å². The maximum absolute atomic E-state index is 13.1. The van der Waals surface area contributed by atoms with E-state index in [1.807, 2.05) is 6.92 Å². The predicted octanol–water partition coefficient (Wildman–Crippen LogP) is 4.95. The first-order chi connectivity index (χ1) is 28.1. The summed E-state index contributed by atoms with van der Waals surface area (Å²) in [6, 6.07) is -0.0697. The van der Waals surface area contributed by atoms with Gasteiger partial charge in [-0.2, -0.15) is 0 Å². The molecule has 0 saturated carbocycles. The fourth-order valence-corrected chi connectivity index (χ4v) is 9.51. The average Bonchev–Trinajstić information content (AvgIpc) is 3.52. The third kappa shape index (κ3) is 15.5. The minimum absolute atomic E-state index is 0.0177. The first kappa shape index (κ1) is 51.0. The number of nitrogens with one attached hydrogen (secondary N) is 3. The molecule has 2 amide bonds. The summed E-state index contributed by atoms with van der Waals surface area (Å²) in [7, 11) is -1.68. The predicted molar refractivity (Wildman–Crippen MR) is 226 cm³/mol. The normalized spacial score (nSPS) is 26.5. The molecule has 5 N–H and O–H groups in total. The lowest BCUT2D eigenvalue weighted by Gasteiger charge is -2.44. The first-order valence-corrected chi connectivity index (χ1v) is 22.9. The molecule has 0 radical (unpaired) electrons. The third-order valence-electron chi connectivity index (χ3n) is 11.1. The SMILES string of the molecule is CC[C@H]1O[C@@H](OCCCCC(=O)NCCCCCCO[C@@H]2C(OP(OCCON)N(C(C)C)C(C)C)[C@H](n3cc(C)c(=O)[nH]c3=O)O[C@@H]2CC)[C@H](NC(C)=O)[C@@H](C)[C@H]1C. The molecule has 0 aromatic carbocycles. The Labute approximate surface area is 352 Å². The van der Waals surface area contributed by atoms with Crippen LogP contribution in [0.3, 0.4) is 0 Å². The summed E-state index contributed by atoms with van der Waals surface area (Å²) in [5, 5.41) is 6.04. The van der Waals surface area contributed by atoms with Gasteiger partial charge in [0.2, 0.25) is 11.8 Å². The molecule has 17 nitrogen and oxygen atoms in total. The van der Waals surface area contributed by atoms with E-state index in [0.717, 1.165) is 32.1 Å². The monoisotopic (exact) mass is 859 g/mol. The zero-order chi connectivity index (χ0) is 43.6. The average molecular weight is 859 g/mol. The Hall–Kier alpha value is -2.31. The number of hydrogen-bond donors (Lipinski definition) is 4. The van der Waals surface area contributed by atoms with Crippen LogP contribution in [-0.2, 0) is 42.4 Å². The summed E-state index contributed by atoms with van der Waals surface area (Å²) in [4.78, 5) is 56.9. The highest BCUT2D eigenvalue weighted by molar-refractivity contribution is 7.44. The third-order valence-corrected chi connectivity index (χ3v) is 13.2. The van der Waals surface area contributed by atoms with Gasteiger partial charge in [0.1, 0.15) is 12.2 Å². The van der Waals surface area contributed by atoms with Crippen LogP contribution in [0.25, 0.3) is 0 Å². The Morgan fingerprint density at radius 1 is 0.898 bits per heavy atom. The Balaban J connectivity index is 1.49. The molecule has 2 aliphatic rings. The Morgan fingerprint density at radius 3 is 2.20 bits per heavy atom. The molecule has 0 aliphatic carbocycles. The van der Waals surface area contributed by atoms with Crippen molar-refractivity contribution >= 4 is 20.3 Å². The largest absolute Gasteiger partial charge is 0.373 e. The number of rotatable bonds is 27. The first-order valence-electron chi connectivity index (χ1n) is 21.7. The summed E-state index contributed by atoms with van der Waals surface area (Å²) in [6.07, 6.45) is 5.29. The maximum Gasteiger partial charge on any atom is 0.330 e. The van der Waals surface area contributed by atoms with Crippen molar-refractivity contribution in [3.05, 3.63) is 32.6 Å². The van der Waals surface area contributed by atoms with E-state index in [2.05, 4.69) is 68.8 Å². The number of hydrogen-bond acceptors (Lipinski definition) is 13. The number of carbonyl (C=O) groups is 2. The molecule has 59 heavy (non-hydrogen) atoms. The Morgan fingerprint density at radius 2 is 1.56 bits per heavy atom. The fraction of sp³-hybridized carbons (Fsp3) is 0.854. The van der Waals surface area contributed by atoms with Gasteiger partial charge < -0.3 is 43.5 Å². The molecule has 18 heteroatoms. The number of unbranched alkanes of at least 4 members (excludes halogenated alkanes) is 4. The van der Waals surface area contributed by atoms with Crippen molar-refractivity contribution in [1.29, 1.82) is 0 Å². The van der Waals surface area contributed by atoms with Crippen LogP contribution in [0.2, 0.25) is 0 Å². The van der Waals surface area contributed by atoms with E-state index >= 15 is 0 Å². The van der Waals surface area contributed by atoms with Gasteiger partial charge in [-0.25, -0.2) is 15.4 Å². The highest BCUT2D eigenvalue weighted by Crippen LogP contribution is 2.51. The van der Waals surface area contributed by atoms with Gasteiger partial charge in [0.25, 0.3) is 14.1 Å². The standard InChI is InChI=1S/C41H75N6O11P/c1-11-32-29(8)30(9)35(44-31(10)48)40(57-32)53-22-18-15-19-34(49)43-20-16-13-14-17-21-52-36-33(12-2)56-39(46-25-28(7)38(50)45-41(46)51)37(36)58-59(55-24-23-54-42)47(26(3)4)27(5)6/h25-27,29-30,32-33,35-37,39-40H,11-24,42H2,1-10H3,(H,43,49)(H,44,48)(H,45,50,51)/t29-,30+,32-,33-,35-,36+,37?,39-,40-,59?/m1/s1. The quantitative estimate of drug-likeness (QED) is 0.0526. The fourth-order valence-electron chi connectivity index (χ4n) is 7.78. The summed E-state index contributed by atoms with van der Waals surface area (Å²) < 4.78 is 41.9. The number of carbonyl (C=O) groups excluding carboxylic acids is 2. The molecule has 0 spiro atoms. The number of aromatic nitrogens is 2. The molecule has 10 atom stereocenters. The molecule has 2 fully saturated rings. The molecule has 1 aromatic heterocycles. The van der Waals surface area contributed by atoms with Crippen molar-refractivity contribution in [2.75, 3.05) is 33.0 Å². The second-order valence-electron chi connectivity index (χ2n) is 16.4. The van der Waals surface area contributed by atoms with Gasteiger partial charge in [0.05, 0.1) is 31.5 Å². The molecular formula is C41H75N6O11P. The van der Waals surface area contributed by atoms with E-state index in [1.54, 1.807) is 6.92 Å². The molecule has 3 rings (SSSR count). The van der Waals surface area contributed by atoms with E-state index in [0.29, 0.717) is 56.9 Å². The number of amides is 2. The zero-order valence-corrected chi connectivity index (χ0v) is 38.1. The topological polar surface area (TPSA) is 207 Å². The van der Waals surface area contributed by atoms with Crippen molar-refractivity contribution in [2.45, 2.75) is 182 Å². The summed E-state index contributed by atoms with van der Waals surface area (Å²) in [6.45, 7) is 21.6. The van der Waals surface area contributed by atoms with Crippen LogP contribution in [0, 0.1) is 18.8 Å². The van der Waals surface area contributed by atoms with Gasteiger partial charge in [0, 0.05) is 56.9 Å². The Kier molecular flexibility index (Phi) is 22.7. The van der Waals surface area contributed by atoms with E-state index < -0.39 is 44.5 Å². The van der Waals surface area contributed by atoms with Gasteiger partial charge in [-0.15, -0.1) is 0 Å². The summed E-state index contributed by atoms with van der Waals surface area (Å²) in [5.74, 6) is 5.74. The second-order valence-corrected chi connectivity index (χ2v) is 17.8. The number of ether oxygens (including phenoxy) is 4. The number of nitrogens with zero attached hydrogens (tertiary/aromatic N) is 2. The highest BCUT2D eigenvalue weighted by Gasteiger charge is 2.49. The zero-order valence-electron chi connectivity index (χ0n) is 37.2. The van der Waals surface area contributed by atoms with E-state index in [-0.39, 0.29) is 61.3 Å². The van der Waals surface area contributed by atoms with Gasteiger partial charge >= 0.3 is 5.69 Å². The Bertz CT molecular complexity index is 1510. The van der Waals surface area contributed by atoms with Crippen LogP contribution in [0.1, 0.15) is 132 Å². The molecule has 2 saturated heterocycles. The van der Waals surface area contributed by atoms with Crippen LogP contribution in [0.15, 0.2) is 15.8 Å². The highest BCUT2D eigenvalue weighted by atomic mass is 31.2. The molecule has 1 aromatic rings. The van der Waals surface area contributed by atoms with Gasteiger partial charge in [0.15, 0.2) is 12.5 Å². The van der Waals surface area contributed by atoms with E-state index in [9.17, 15) is 19.2 Å². The smallest absolute Gasteiger partial charge is 0.330 e. The molecule has 2 unspecified atom stereocenters. The van der Waals surface area contributed by atoms with Crippen LogP contribution in [0.5, 0.6) is 0 Å².